The summed E-state index contributed by atoms with van der Waals surface area (Å²) in [7, 11) is 0. The molecule has 1 amide bonds. The minimum Gasteiger partial charge on any atom is -0.366 e. The standard InChI is InChI=1S/C17H14FN3O/c18-13-5-7-14(8-6-13)21-10-12(9-20-11-21)15-3-1-2-4-16(15)17(19)22/h1-10H,11H2,(H2,19,22). The van der Waals surface area contributed by atoms with E-state index in [9.17, 15) is 9.18 Å². The number of allylic oxidation sites excluding steroid dienone is 1. The lowest BCUT2D eigenvalue weighted by molar-refractivity contribution is 0.1000. The van der Waals surface area contributed by atoms with Crippen molar-refractivity contribution >= 4 is 23.4 Å². The summed E-state index contributed by atoms with van der Waals surface area (Å²) >= 11 is 0. The maximum atomic E-state index is 13.0. The van der Waals surface area contributed by atoms with Crippen LogP contribution in [0.1, 0.15) is 15.9 Å². The Hall–Kier alpha value is -2.95. The molecule has 22 heavy (non-hydrogen) atoms. The summed E-state index contributed by atoms with van der Waals surface area (Å²) in [5, 5.41) is 0. The molecular weight excluding hydrogens is 281 g/mol. The van der Waals surface area contributed by atoms with E-state index in [2.05, 4.69) is 4.99 Å². The summed E-state index contributed by atoms with van der Waals surface area (Å²) in [6, 6.07) is 13.3. The van der Waals surface area contributed by atoms with E-state index in [1.54, 1.807) is 30.5 Å². The number of hydrogen-bond acceptors (Lipinski definition) is 3. The molecule has 0 fully saturated rings. The Morgan fingerprint density at radius 1 is 1.14 bits per heavy atom. The van der Waals surface area contributed by atoms with Gasteiger partial charge in [-0.15, -0.1) is 0 Å². The Morgan fingerprint density at radius 2 is 1.86 bits per heavy atom. The fourth-order valence-electron chi connectivity index (χ4n) is 2.35. The van der Waals surface area contributed by atoms with E-state index in [4.69, 9.17) is 5.73 Å². The minimum atomic E-state index is -0.483. The quantitative estimate of drug-likeness (QED) is 0.946. The van der Waals surface area contributed by atoms with Gasteiger partial charge in [-0.1, -0.05) is 18.2 Å². The van der Waals surface area contributed by atoms with Crippen molar-refractivity contribution in [3.05, 3.63) is 71.7 Å². The van der Waals surface area contributed by atoms with E-state index < -0.39 is 5.91 Å². The Labute approximate surface area is 127 Å². The molecule has 2 N–H and O–H groups in total. The first-order valence-corrected chi connectivity index (χ1v) is 6.78. The molecule has 1 aliphatic heterocycles. The van der Waals surface area contributed by atoms with Crippen LogP contribution < -0.4 is 10.6 Å². The van der Waals surface area contributed by atoms with E-state index in [1.165, 1.54) is 12.1 Å². The lowest BCUT2D eigenvalue weighted by Gasteiger charge is -2.23. The molecule has 0 unspecified atom stereocenters. The van der Waals surface area contributed by atoms with E-state index in [1.807, 2.05) is 23.2 Å². The van der Waals surface area contributed by atoms with Crippen LogP contribution in [0.15, 0.2) is 59.7 Å². The van der Waals surface area contributed by atoms with Gasteiger partial charge in [-0.05, 0) is 35.9 Å². The molecule has 1 aliphatic rings. The maximum absolute atomic E-state index is 13.0. The fraction of sp³-hybridized carbons (Fsp3) is 0.0588. The van der Waals surface area contributed by atoms with Gasteiger partial charge in [0.15, 0.2) is 0 Å². The van der Waals surface area contributed by atoms with Crippen molar-refractivity contribution in [2.75, 3.05) is 11.6 Å². The predicted octanol–water partition coefficient (Wildman–Crippen LogP) is 2.81. The van der Waals surface area contributed by atoms with Gasteiger partial charge in [0.25, 0.3) is 0 Å². The molecule has 0 aliphatic carbocycles. The number of nitrogens with two attached hydrogens (primary N) is 1. The smallest absolute Gasteiger partial charge is 0.249 e. The summed E-state index contributed by atoms with van der Waals surface area (Å²) in [5.74, 6) is -0.767. The molecule has 0 saturated carbocycles. The molecule has 2 aromatic carbocycles. The van der Waals surface area contributed by atoms with Crippen LogP contribution in [0.4, 0.5) is 10.1 Å². The summed E-state index contributed by atoms with van der Waals surface area (Å²) in [6.07, 6.45) is 3.59. The van der Waals surface area contributed by atoms with Gasteiger partial charge < -0.3 is 10.6 Å². The molecule has 2 aromatic rings. The second kappa shape index (κ2) is 5.81. The highest BCUT2D eigenvalue weighted by Gasteiger charge is 2.14. The van der Waals surface area contributed by atoms with E-state index >= 15 is 0 Å². The SMILES string of the molecule is NC(=O)c1ccccc1C1=CN(c2ccc(F)cc2)CN=C1. The normalized spacial score (nSPS) is 13.9. The second-order valence-electron chi connectivity index (χ2n) is 4.89. The predicted molar refractivity (Wildman–Crippen MR) is 85.2 cm³/mol. The molecule has 0 atom stereocenters. The van der Waals surface area contributed by atoms with Crippen LogP contribution >= 0.6 is 0 Å². The fourth-order valence-corrected chi connectivity index (χ4v) is 2.35. The van der Waals surface area contributed by atoms with Crippen molar-refractivity contribution in [1.29, 1.82) is 0 Å². The Kier molecular flexibility index (Phi) is 3.70. The van der Waals surface area contributed by atoms with Crippen molar-refractivity contribution in [2.24, 2.45) is 10.7 Å². The summed E-state index contributed by atoms with van der Waals surface area (Å²) in [5.41, 5.74) is 8.20. The van der Waals surface area contributed by atoms with E-state index in [-0.39, 0.29) is 5.82 Å². The Balaban J connectivity index is 1.99. The average Bonchev–Trinajstić information content (AvgIpc) is 2.55. The van der Waals surface area contributed by atoms with Crippen molar-refractivity contribution < 1.29 is 9.18 Å². The summed E-state index contributed by atoms with van der Waals surface area (Å²) in [4.78, 5) is 17.7. The third-order valence-electron chi connectivity index (χ3n) is 3.42. The number of hydrogen-bond donors (Lipinski definition) is 1. The second-order valence-corrected chi connectivity index (χ2v) is 4.89. The van der Waals surface area contributed by atoms with Gasteiger partial charge in [-0.2, -0.15) is 0 Å². The number of carbonyl (C=O) groups excluding carboxylic acids is 1. The summed E-state index contributed by atoms with van der Waals surface area (Å²) < 4.78 is 13.0. The van der Waals surface area contributed by atoms with Crippen LogP contribution in [0, 0.1) is 5.82 Å². The highest BCUT2D eigenvalue weighted by Crippen LogP contribution is 2.24. The van der Waals surface area contributed by atoms with Gasteiger partial charge in [0.2, 0.25) is 5.91 Å². The number of amides is 1. The lowest BCUT2D eigenvalue weighted by Crippen LogP contribution is -2.21. The molecule has 110 valence electrons. The number of anilines is 1. The van der Waals surface area contributed by atoms with Crippen LogP contribution in [0.2, 0.25) is 0 Å². The molecule has 4 nitrogen and oxygen atoms in total. The maximum Gasteiger partial charge on any atom is 0.249 e. The minimum absolute atomic E-state index is 0.285. The molecule has 0 spiro atoms. The van der Waals surface area contributed by atoms with Crippen LogP contribution in [0.5, 0.6) is 0 Å². The number of carbonyl (C=O) groups is 1. The van der Waals surface area contributed by atoms with Gasteiger partial charge in [-0.3, -0.25) is 9.79 Å². The van der Waals surface area contributed by atoms with E-state index in [0.717, 1.165) is 16.8 Å². The third kappa shape index (κ3) is 2.74. The van der Waals surface area contributed by atoms with Crippen molar-refractivity contribution in [2.45, 2.75) is 0 Å². The molecule has 5 heteroatoms. The Bertz CT molecular complexity index is 766. The first-order valence-electron chi connectivity index (χ1n) is 6.78. The zero-order valence-corrected chi connectivity index (χ0v) is 11.7. The van der Waals surface area contributed by atoms with Crippen LogP contribution in [0.3, 0.4) is 0 Å². The number of benzene rings is 2. The molecule has 0 aromatic heterocycles. The van der Waals surface area contributed by atoms with Gasteiger partial charge in [0.05, 0.1) is 0 Å². The van der Waals surface area contributed by atoms with Crippen molar-refractivity contribution in [1.82, 2.24) is 0 Å². The lowest BCUT2D eigenvalue weighted by atomic mass is 10.00. The number of rotatable bonds is 3. The van der Waals surface area contributed by atoms with Crippen LogP contribution in [0.25, 0.3) is 5.57 Å². The monoisotopic (exact) mass is 295 g/mol. The number of aliphatic imine (C=N–C) groups is 1. The Morgan fingerprint density at radius 3 is 2.59 bits per heavy atom. The van der Waals surface area contributed by atoms with Gasteiger partial charge >= 0.3 is 0 Å². The first kappa shape index (κ1) is 14.0. The molecule has 1 heterocycles. The van der Waals surface area contributed by atoms with Crippen LogP contribution in [-0.2, 0) is 0 Å². The topological polar surface area (TPSA) is 58.7 Å². The zero-order valence-electron chi connectivity index (χ0n) is 11.7. The average molecular weight is 295 g/mol. The molecular formula is C17H14FN3O. The van der Waals surface area contributed by atoms with Crippen LogP contribution in [-0.4, -0.2) is 18.8 Å². The molecule has 0 saturated heterocycles. The first-order chi connectivity index (χ1) is 10.6. The molecule has 0 radical (unpaired) electrons. The number of primary amides is 1. The third-order valence-corrected chi connectivity index (χ3v) is 3.42. The highest BCUT2D eigenvalue weighted by molar-refractivity contribution is 6.14. The van der Waals surface area contributed by atoms with Gasteiger partial charge in [-0.25, -0.2) is 4.39 Å². The van der Waals surface area contributed by atoms with Gasteiger partial charge in [0, 0.05) is 29.2 Å². The number of halogens is 1. The number of nitrogens with zero attached hydrogens (tertiary/aromatic N) is 2. The molecule has 3 rings (SSSR count). The zero-order chi connectivity index (χ0) is 15.5. The van der Waals surface area contributed by atoms with Gasteiger partial charge in [0.1, 0.15) is 12.5 Å². The molecule has 0 bridgehead atoms. The van der Waals surface area contributed by atoms with E-state index in [0.29, 0.717) is 12.2 Å². The highest BCUT2D eigenvalue weighted by atomic mass is 19.1. The van der Waals surface area contributed by atoms with Crippen molar-refractivity contribution in [3.8, 4) is 0 Å². The largest absolute Gasteiger partial charge is 0.366 e. The summed E-state index contributed by atoms with van der Waals surface area (Å²) in [6.45, 7) is 0.438. The van der Waals surface area contributed by atoms with Crippen molar-refractivity contribution in [3.63, 3.8) is 0 Å².